The van der Waals surface area contributed by atoms with Gasteiger partial charge in [-0.2, -0.15) is 0 Å². The third kappa shape index (κ3) is 6.20. The number of aromatic nitrogens is 3. The molecule has 1 aliphatic heterocycles. The Morgan fingerprint density at radius 2 is 1.82 bits per heavy atom. The van der Waals surface area contributed by atoms with E-state index in [1.807, 2.05) is 54.1 Å². The number of likely N-dealkylation sites (tertiary alicyclic amines) is 1. The fourth-order valence-corrected chi connectivity index (χ4v) is 4.95. The fraction of sp³-hybridized carbons (Fsp3) is 0.300. The third-order valence-electron chi connectivity index (χ3n) is 6.97. The number of carbonyl (C=O) groups is 1. The van der Waals surface area contributed by atoms with Crippen molar-refractivity contribution in [1.82, 2.24) is 19.7 Å². The minimum atomic E-state index is -0.221. The Balaban J connectivity index is 1.28. The largest absolute Gasteiger partial charge is 0.497 e. The molecule has 0 atom stereocenters. The molecule has 1 amide bonds. The van der Waals surface area contributed by atoms with Gasteiger partial charge in [0.05, 0.1) is 7.11 Å². The van der Waals surface area contributed by atoms with Gasteiger partial charge in [0.15, 0.2) is 6.61 Å². The van der Waals surface area contributed by atoms with Crippen molar-refractivity contribution < 1.29 is 14.3 Å². The molecule has 1 aliphatic rings. The number of amides is 1. The van der Waals surface area contributed by atoms with Crippen LogP contribution < -0.4 is 14.8 Å². The molecule has 1 N–H and O–H groups in total. The van der Waals surface area contributed by atoms with Gasteiger partial charge >= 0.3 is 0 Å². The first-order valence-electron chi connectivity index (χ1n) is 12.9. The van der Waals surface area contributed by atoms with Gasteiger partial charge in [0.2, 0.25) is 0 Å². The second-order valence-electron chi connectivity index (χ2n) is 9.61. The van der Waals surface area contributed by atoms with E-state index in [0.717, 1.165) is 60.7 Å². The summed E-state index contributed by atoms with van der Waals surface area (Å²) in [5, 5.41) is 11.2. The van der Waals surface area contributed by atoms with Crippen LogP contribution in [0.2, 0.25) is 0 Å². The number of hydrogen-bond acceptors (Lipinski definition) is 6. The van der Waals surface area contributed by atoms with Crippen LogP contribution in [-0.4, -0.2) is 52.4 Å². The molecular weight excluding hydrogens is 478 g/mol. The lowest BCUT2D eigenvalue weighted by molar-refractivity contribution is -0.118. The van der Waals surface area contributed by atoms with E-state index in [-0.39, 0.29) is 12.5 Å². The van der Waals surface area contributed by atoms with Crippen LogP contribution in [0.5, 0.6) is 11.5 Å². The van der Waals surface area contributed by atoms with Crippen molar-refractivity contribution in [3.63, 3.8) is 0 Å². The monoisotopic (exact) mass is 511 g/mol. The molecule has 2 heterocycles. The molecule has 0 saturated carbocycles. The predicted octanol–water partition coefficient (Wildman–Crippen LogP) is 4.89. The Morgan fingerprint density at radius 3 is 2.55 bits per heavy atom. The summed E-state index contributed by atoms with van der Waals surface area (Å²) in [5.74, 6) is 2.67. The molecule has 1 fully saturated rings. The van der Waals surface area contributed by atoms with E-state index in [2.05, 4.69) is 44.7 Å². The second-order valence-corrected chi connectivity index (χ2v) is 9.61. The summed E-state index contributed by atoms with van der Waals surface area (Å²) < 4.78 is 13.3. The Labute approximate surface area is 223 Å². The van der Waals surface area contributed by atoms with Crippen LogP contribution in [0.4, 0.5) is 5.69 Å². The number of methoxy groups -OCH3 is 1. The Bertz CT molecular complexity index is 1360. The van der Waals surface area contributed by atoms with E-state index in [1.165, 1.54) is 0 Å². The number of hydrogen-bond donors (Lipinski definition) is 1. The van der Waals surface area contributed by atoms with Crippen molar-refractivity contribution >= 4 is 11.6 Å². The molecule has 0 unspecified atom stereocenters. The summed E-state index contributed by atoms with van der Waals surface area (Å²) in [6.45, 7) is 2.59. The molecule has 8 heteroatoms. The Morgan fingerprint density at radius 1 is 1.00 bits per heavy atom. The molecule has 196 valence electrons. The lowest BCUT2D eigenvalue weighted by Crippen LogP contribution is -2.33. The number of carbonyl (C=O) groups excluding carboxylic acids is 1. The summed E-state index contributed by atoms with van der Waals surface area (Å²) in [4.78, 5) is 15.1. The van der Waals surface area contributed by atoms with Crippen LogP contribution in [0.1, 0.15) is 30.1 Å². The molecule has 1 saturated heterocycles. The van der Waals surface area contributed by atoms with Gasteiger partial charge in [-0.15, -0.1) is 10.2 Å². The van der Waals surface area contributed by atoms with E-state index in [9.17, 15) is 4.79 Å². The van der Waals surface area contributed by atoms with Gasteiger partial charge in [0.25, 0.3) is 5.91 Å². The van der Waals surface area contributed by atoms with E-state index in [4.69, 9.17) is 9.47 Å². The predicted molar refractivity (Wildman–Crippen MR) is 147 cm³/mol. The van der Waals surface area contributed by atoms with Crippen molar-refractivity contribution in [2.45, 2.75) is 25.3 Å². The van der Waals surface area contributed by atoms with Gasteiger partial charge in [0.1, 0.15) is 23.7 Å². The fourth-order valence-electron chi connectivity index (χ4n) is 4.95. The minimum absolute atomic E-state index is 0.0802. The van der Waals surface area contributed by atoms with Gasteiger partial charge in [-0.05, 0) is 61.3 Å². The number of nitrogens with one attached hydrogen (secondary N) is 1. The quantitative estimate of drug-likeness (QED) is 0.345. The van der Waals surface area contributed by atoms with E-state index in [1.54, 1.807) is 19.5 Å². The zero-order valence-corrected chi connectivity index (χ0v) is 21.8. The lowest BCUT2D eigenvalue weighted by Gasteiger charge is -2.31. The highest BCUT2D eigenvalue weighted by molar-refractivity contribution is 5.92. The van der Waals surface area contributed by atoms with E-state index >= 15 is 0 Å². The number of ether oxygens (including phenoxy) is 2. The number of piperidine rings is 1. The molecule has 0 bridgehead atoms. The van der Waals surface area contributed by atoms with Gasteiger partial charge < -0.3 is 19.4 Å². The Kier molecular flexibility index (Phi) is 7.99. The minimum Gasteiger partial charge on any atom is -0.497 e. The lowest BCUT2D eigenvalue weighted by atomic mass is 9.95. The second kappa shape index (κ2) is 11.9. The molecule has 0 aliphatic carbocycles. The van der Waals surface area contributed by atoms with Crippen molar-refractivity contribution in [2.24, 2.45) is 7.05 Å². The summed E-state index contributed by atoms with van der Waals surface area (Å²) in [6.07, 6.45) is 3.83. The third-order valence-corrected chi connectivity index (χ3v) is 6.97. The summed E-state index contributed by atoms with van der Waals surface area (Å²) in [6, 6.07) is 23.8. The van der Waals surface area contributed by atoms with Gasteiger partial charge in [0, 0.05) is 36.8 Å². The number of rotatable bonds is 9. The maximum absolute atomic E-state index is 12.7. The average Bonchev–Trinajstić information content (AvgIpc) is 3.39. The van der Waals surface area contributed by atoms with Crippen molar-refractivity contribution in [3.8, 4) is 22.6 Å². The van der Waals surface area contributed by atoms with Crippen LogP contribution >= 0.6 is 0 Å². The smallest absolute Gasteiger partial charge is 0.262 e. The molecule has 5 rings (SSSR count). The molecular formula is C30H33N5O3. The number of nitrogens with zero attached hydrogens (tertiary/aromatic N) is 4. The zero-order chi connectivity index (χ0) is 26.3. The van der Waals surface area contributed by atoms with E-state index in [0.29, 0.717) is 17.4 Å². The van der Waals surface area contributed by atoms with Crippen LogP contribution in [0.3, 0.4) is 0 Å². The Hall–Kier alpha value is -4.17. The van der Waals surface area contributed by atoms with Crippen LogP contribution in [-0.2, 0) is 18.4 Å². The topological polar surface area (TPSA) is 81.5 Å². The first kappa shape index (κ1) is 25.5. The van der Waals surface area contributed by atoms with Crippen molar-refractivity contribution in [2.75, 3.05) is 32.1 Å². The molecule has 1 aromatic heterocycles. The molecule has 8 nitrogen and oxygen atoms in total. The molecule has 0 radical (unpaired) electrons. The average molecular weight is 512 g/mol. The SMILES string of the molecule is COc1cccc(NC(=O)COc2ccc(-c3ccccc3)cc2CN2CCC(c3nncn3C)CC2)c1. The van der Waals surface area contributed by atoms with E-state index < -0.39 is 0 Å². The van der Waals surface area contributed by atoms with Crippen LogP contribution in [0.25, 0.3) is 11.1 Å². The maximum Gasteiger partial charge on any atom is 0.262 e. The normalized spacial score (nSPS) is 14.3. The van der Waals surface area contributed by atoms with Crippen LogP contribution in [0.15, 0.2) is 79.1 Å². The standard InChI is InChI=1S/C30H33N5O3/c1-34-21-31-33-30(34)23-13-15-35(16-14-23)19-25-17-24(22-7-4-3-5-8-22)11-12-28(25)38-20-29(36)32-26-9-6-10-27(18-26)37-2/h3-12,17-18,21,23H,13-16,19-20H2,1-2H3,(H,32,36). The summed E-state index contributed by atoms with van der Waals surface area (Å²) in [7, 11) is 3.60. The van der Waals surface area contributed by atoms with Gasteiger partial charge in [-0.25, -0.2) is 0 Å². The highest BCUT2D eigenvalue weighted by atomic mass is 16.5. The van der Waals surface area contributed by atoms with Crippen molar-refractivity contribution in [1.29, 1.82) is 0 Å². The zero-order valence-electron chi connectivity index (χ0n) is 21.8. The molecule has 3 aromatic carbocycles. The summed E-state index contributed by atoms with van der Waals surface area (Å²) in [5.41, 5.74) is 4.01. The van der Waals surface area contributed by atoms with Crippen molar-refractivity contribution in [3.05, 3.63) is 90.5 Å². The van der Waals surface area contributed by atoms with Crippen LogP contribution in [0, 0.1) is 0 Å². The van der Waals surface area contributed by atoms with Gasteiger partial charge in [-0.3, -0.25) is 9.69 Å². The summed E-state index contributed by atoms with van der Waals surface area (Å²) >= 11 is 0. The number of aryl methyl sites for hydroxylation is 1. The number of benzene rings is 3. The highest BCUT2D eigenvalue weighted by Gasteiger charge is 2.24. The molecule has 4 aromatic rings. The molecule has 38 heavy (non-hydrogen) atoms. The first-order valence-corrected chi connectivity index (χ1v) is 12.9. The maximum atomic E-state index is 12.7. The number of anilines is 1. The van der Waals surface area contributed by atoms with Gasteiger partial charge in [-0.1, -0.05) is 42.5 Å². The highest BCUT2D eigenvalue weighted by Crippen LogP contribution is 2.31. The first-order chi connectivity index (χ1) is 18.6. The molecule has 0 spiro atoms.